The van der Waals surface area contributed by atoms with Gasteiger partial charge in [0.15, 0.2) is 0 Å². The SMILES string of the molecule is CCC(C(=O)NC(C)(C)C)N(Cc1ccc(Cl)c(Cl)c1)C(=O)CN(c1cc(Cl)ccc1C)S(=O)(=O)c1ccc(C)cc1. The van der Waals surface area contributed by atoms with Crippen LogP contribution in [0.2, 0.25) is 15.1 Å². The molecule has 0 aliphatic carbocycles. The first-order valence-corrected chi connectivity index (χ1v) is 16.0. The maximum atomic E-state index is 14.2. The first kappa shape index (κ1) is 33.7. The van der Waals surface area contributed by atoms with Crippen LogP contribution in [0, 0.1) is 13.8 Å². The Morgan fingerprint density at radius 2 is 1.55 bits per heavy atom. The molecular weight excluding hydrogens is 617 g/mol. The van der Waals surface area contributed by atoms with Crippen LogP contribution >= 0.6 is 34.8 Å². The van der Waals surface area contributed by atoms with Crippen molar-refractivity contribution in [3.8, 4) is 0 Å². The molecule has 42 heavy (non-hydrogen) atoms. The Morgan fingerprint density at radius 3 is 2.12 bits per heavy atom. The second-order valence-electron chi connectivity index (χ2n) is 11.2. The van der Waals surface area contributed by atoms with Crippen molar-refractivity contribution < 1.29 is 18.0 Å². The van der Waals surface area contributed by atoms with Gasteiger partial charge in [0, 0.05) is 17.1 Å². The van der Waals surface area contributed by atoms with Crippen LogP contribution < -0.4 is 9.62 Å². The monoisotopic (exact) mass is 651 g/mol. The molecule has 0 heterocycles. The largest absolute Gasteiger partial charge is 0.350 e. The number of rotatable bonds is 10. The average molecular weight is 653 g/mol. The first-order valence-electron chi connectivity index (χ1n) is 13.4. The third-order valence-electron chi connectivity index (χ3n) is 6.55. The van der Waals surface area contributed by atoms with Crippen molar-refractivity contribution in [3.63, 3.8) is 0 Å². The van der Waals surface area contributed by atoms with Crippen LogP contribution in [0.3, 0.4) is 0 Å². The van der Waals surface area contributed by atoms with E-state index >= 15 is 0 Å². The van der Waals surface area contributed by atoms with Gasteiger partial charge in [-0.3, -0.25) is 13.9 Å². The van der Waals surface area contributed by atoms with Gasteiger partial charge in [-0.05, 0) is 88.6 Å². The normalized spacial score (nSPS) is 12.5. The molecule has 0 aliphatic rings. The highest BCUT2D eigenvalue weighted by Gasteiger charge is 2.35. The molecule has 2 amide bonds. The predicted molar refractivity (Wildman–Crippen MR) is 171 cm³/mol. The Morgan fingerprint density at radius 1 is 0.905 bits per heavy atom. The lowest BCUT2D eigenvalue weighted by Gasteiger charge is -2.35. The molecule has 0 aromatic heterocycles. The van der Waals surface area contributed by atoms with E-state index in [9.17, 15) is 18.0 Å². The predicted octanol–water partition coefficient (Wildman–Crippen LogP) is 7.18. The quantitative estimate of drug-likeness (QED) is 0.251. The van der Waals surface area contributed by atoms with Crippen LogP contribution in [0.4, 0.5) is 5.69 Å². The topological polar surface area (TPSA) is 86.8 Å². The summed E-state index contributed by atoms with van der Waals surface area (Å²) in [6.07, 6.45) is 0.288. The third-order valence-corrected chi connectivity index (χ3v) is 9.30. The minimum absolute atomic E-state index is 0.00125. The molecule has 1 unspecified atom stereocenters. The summed E-state index contributed by atoms with van der Waals surface area (Å²) in [5.74, 6) is -0.933. The zero-order valence-electron chi connectivity index (χ0n) is 24.5. The summed E-state index contributed by atoms with van der Waals surface area (Å²) in [4.78, 5) is 29.1. The summed E-state index contributed by atoms with van der Waals surface area (Å²) >= 11 is 18.7. The van der Waals surface area contributed by atoms with Crippen molar-refractivity contribution in [2.45, 2.75) is 71.0 Å². The zero-order chi connectivity index (χ0) is 31.4. The first-order chi connectivity index (χ1) is 19.5. The van der Waals surface area contributed by atoms with Crippen molar-refractivity contribution in [1.29, 1.82) is 0 Å². The van der Waals surface area contributed by atoms with Gasteiger partial charge in [0.25, 0.3) is 10.0 Å². The second kappa shape index (κ2) is 13.7. The summed E-state index contributed by atoms with van der Waals surface area (Å²) in [6.45, 7) is 10.4. The maximum absolute atomic E-state index is 14.2. The number of carbonyl (C=O) groups is 2. The van der Waals surface area contributed by atoms with E-state index < -0.39 is 34.1 Å². The molecule has 0 bridgehead atoms. The highest BCUT2D eigenvalue weighted by Crippen LogP contribution is 2.31. The van der Waals surface area contributed by atoms with Crippen molar-refractivity contribution in [2.75, 3.05) is 10.8 Å². The van der Waals surface area contributed by atoms with Gasteiger partial charge in [-0.15, -0.1) is 0 Å². The van der Waals surface area contributed by atoms with Crippen LogP contribution in [0.5, 0.6) is 0 Å². The van der Waals surface area contributed by atoms with E-state index in [1.165, 1.54) is 23.1 Å². The smallest absolute Gasteiger partial charge is 0.264 e. The van der Waals surface area contributed by atoms with Gasteiger partial charge in [0.05, 0.1) is 20.6 Å². The highest BCUT2D eigenvalue weighted by atomic mass is 35.5. The molecule has 0 saturated heterocycles. The molecule has 0 spiro atoms. The highest BCUT2D eigenvalue weighted by molar-refractivity contribution is 7.92. The van der Waals surface area contributed by atoms with Gasteiger partial charge < -0.3 is 10.2 Å². The van der Waals surface area contributed by atoms with Crippen LogP contribution in [0.1, 0.15) is 50.8 Å². The number of sulfonamides is 1. The van der Waals surface area contributed by atoms with E-state index in [0.29, 0.717) is 26.2 Å². The number of benzene rings is 3. The molecular formula is C31H36Cl3N3O4S. The molecule has 11 heteroatoms. The second-order valence-corrected chi connectivity index (χ2v) is 14.3. The fourth-order valence-corrected chi connectivity index (χ4v) is 6.37. The molecule has 0 aliphatic heterocycles. The van der Waals surface area contributed by atoms with Gasteiger partial charge in [-0.25, -0.2) is 8.42 Å². The van der Waals surface area contributed by atoms with Gasteiger partial charge in [0.1, 0.15) is 12.6 Å². The Hall–Kier alpha value is -2.78. The molecule has 3 rings (SSSR count). The number of halogens is 3. The van der Waals surface area contributed by atoms with Crippen LogP contribution in [0.25, 0.3) is 0 Å². The van der Waals surface area contributed by atoms with Crippen molar-refractivity contribution in [1.82, 2.24) is 10.2 Å². The van der Waals surface area contributed by atoms with Gasteiger partial charge in [-0.1, -0.05) is 71.6 Å². The lowest BCUT2D eigenvalue weighted by Crippen LogP contribution is -2.55. The number of nitrogens with zero attached hydrogens (tertiary/aromatic N) is 2. The lowest BCUT2D eigenvalue weighted by molar-refractivity contribution is -0.141. The van der Waals surface area contributed by atoms with Crippen molar-refractivity contribution >= 4 is 62.3 Å². The molecule has 1 atom stereocenters. The number of amides is 2. The Labute approximate surface area is 263 Å². The minimum Gasteiger partial charge on any atom is -0.350 e. The Bertz CT molecular complexity index is 1550. The molecule has 226 valence electrons. The molecule has 0 fully saturated rings. The van der Waals surface area contributed by atoms with Gasteiger partial charge in [-0.2, -0.15) is 0 Å². The number of aryl methyl sites for hydroxylation is 2. The maximum Gasteiger partial charge on any atom is 0.264 e. The van der Waals surface area contributed by atoms with Crippen molar-refractivity contribution in [3.05, 3.63) is 92.4 Å². The molecule has 3 aromatic rings. The van der Waals surface area contributed by atoms with E-state index in [1.54, 1.807) is 56.3 Å². The number of nitrogens with one attached hydrogen (secondary N) is 1. The summed E-state index contributed by atoms with van der Waals surface area (Å²) in [5.41, 5.74) is 1.83. The van der Waals surface area contributed by atoms with E-state index in [0.717, 1.165) is 9.87 Å². The van der Waals surface area contributed by atoms with Crippen LogP contribution in [-0.4, -0.2) is 43.3 Å². The van der Waals surface area contributed by atoms with Crippen LogP contribution in [0.15, 0.2) is 65.6 Å². The van der Waals surface area contributed by atoms with Gasteiger partial charge in [0.2, 0.25) is 11.8 Å². The standard InChI is InChI=1S/C31H36Cl3N3O4S/c1-7-27(30(39)35-31(4,5)6)36(18-22-11-15-25(33)26(34)16-22)29(38)19-37(28-17-23(32)12-10-21(28)3)42(40,41)24-13-8-20(2)9-14-24/h8-17,27H,7,18-19H2,1-6H3,(H,35,39). The van der Waals surface area contributed by atoms with E-state index in [1.807, 2.05) is 27.7 Å². The summed E-state index contributed by atoms with van der Waals surface area (Å²) in [5, 5.41) is 3.91. The fraction of sp³-hybridized carbons (Fsp3) is 0.355. The molecule has 1 N–H and O–H groups in total. The van der Waals surface area contributed by atoms with E-state index in [4.69, 9.17) is 34.8 Å². The molecule has 0 saturated carbocycles. The third kappa shape index (κ3) is 8.40. The number of hydrogen-bond donors (Lipinski definition) is 1. The number of hydrogen-bond acceptors (Lipinski definition) is 4. The molecule has 0 radical (unpaired) electrons. The summed E-state index contributed by atoms with van der Waals surface area (Å²) < 4.78 is 29.2. The fourth-order valence-electron chi connectivity index (χ4n) is 4.41. The summed E-state index contributed by atoms with van der Waals surface area (Å²) in [7, 11) is -4.22. The summed E-state index contributed by atoms with van der Waals surface area (Å²) in [6, 6.07) is 15.3. The minimum atomic E-state index is -4.22. The Kier molecular flexibility index (Phi) is 11.0. The van der Waals surface area contributed by atoms with E-state index in [2.05, 4.69) is 5.32 Å². The van der Waals surface area contributed by atoms with E-state index in [-0.39, 0.29) is 29.5 Å². The van der Waals surface area contributed by atoms with Gasteiger partial charge >= 0.3 is 0 Å². The van der Waals surface area contributed by atoms with Crippen LogP contribution in [-0.2, 0) is 26.2 Å². The molecule has 3 aromatic carbocycles. The average Bonchev–Trinajstić information content (AvgIpc) is 2.89. The molecule has 7 nitrogen and oxygen atoms in total. The number of carbonyl (C=O) groups excluding carboxylic acids is 2. The number of anilines is 1. The zero-order valence-corrected chi connectivity index (χ0v) is 27.6. The lowest BCUT2D eigenvalue weighted by atomic mass is 10.1. The van der Waals surface area contributed by atoms with Crippen molar-refractivity contribution in [2.24, 2.45) is 0 Å². The Balaban J connectivity index is 2.13.